The van der Waals surface area contributed by atoms with Crippen LogP contribution in [0.3, 0.4) is 0 Å². The predicted octanol–water partition coefficient (Wildman–Crippen LogP) is 2.29. The van der Waals surface area contributed by atoms with E-state index < -0.39 is 18.5 Å². The molecule has 0 saturated carbocycles. The number of nitrogens with zero attached hydrogens (tertiary/aromatic N) is 1. The first-order valence-electron chi connectivity index (χ1n) is 8.38. The molecule has 0 aromatic heterocycles. The van der Waals surface area contributed by atoms with E-state index in [1.165, 1.54) is 4.90 Å². The Kier molecular flexibility index (Phi) is 3.63. The summed E-state index contributed by atoms with van der Waals surface area (Å²) in [6, 6.07) is 6.98. The molecule has 24 heavy (non-hydrogen) atoms. The van der Waals surface area contributed by atoms with Gasteiger partial charge in [0, 0.05) is 37.9 Å². The van der Waals surface area contributed by atoms with Crippen molar-refractivity contribution in [1.29, 1.82) is 0 Å². The molecule has 2 saturated heterocycles. The average Bonchev–Trinajstić information content (AvgIpc) is 3.14. The van der Waals surface area contributed by atoms with Gasteiger partial charge in [-0.25, -0.2) is 13.6 Å². The lowest BCUT2D eigenvalue weighted by atomic mass is 9.86. The number of alkyl halides is 2. The van der Waals surface area contributed by atoms with Crippen LogP contribution in [-0.4, -0.2) is 48.6 Å². The van der Waals surface area contributed by atoms with E-state index in [9.17, 15) is 13.6 Å². The Morgan fingerprint density at radius 2 is 2.17 bits per heavy atom. The number of benzene rings is 1. The zero-order valence-electron chi connectivity index (χ0n) is 13.4. The van der Waals surface area contributed by atoms with Crippen LogP contribution < -0.4 is 15.4 Å². The molecule has 2 amide bonds. The van der Waals surface area contributed by atoms with Crippen molar-refractivity contribution < 1.29 is 18.3 Å². The fourth-order valence-electron chi connectivity index (χ4n) is 3.88. The molecule has 3 heterocycles. The molecule has 1 aromatic carbocycles. The first kappa shape index (κ1) is 15.6. The highest BCUT2D eigenvalue weighted by molar-refractivity contribution is 5.75. The summed E-state index contributed by atoms with van der Waals surface area (Å²) in [7, 11) is 0. The number of urea groups is 1. The molecule has 2 atom stereocenters. The fourth-order valence-corrected chi connectivity index (χ4v) is 3.88. The smallest absolute Gasteiger partial charge is 0.318 e. The maximum Gasteiger partial charge on any atom is 0.318 e. The molecule has 0 aliphatic carbocycles. The fraction of sp³-hybridized carbons (Fsp3) is 0.588. The Hall–Kier alpha value is -1.89. The molecule has 2 unspecified atom stereocenters. The lowest BCUT2D eigenvalue weighted by Crippen LogP contribution is -2.49. The number of para-hydroxylation sites is 1. The monoisotopic (exact) mass is 337 g/mol. The van der Waals surface area contributed by atoms with Crippen LogP contribution in [0, 0.1) is 0 Å². The summed E-state index contributed by atoms with van der Waals surface area (Å²) in [6.07, 6.45) is 1.25. The average molecular weight is 337 g/mol. The van der Waals surface area contributed by atoms with Gasteiger partial charge in [0.05, 0.1) is 12.6 Å². The number of carbonyl (C=O) groups excluding carboxylic acids is 1. The van der Waals surface area contributed by atoms with Gasteiger partial charge in [0.15, 0.2) is 0 Å². The normalized spacial score (nSPS) is 30.9. The van der Waals surface area contributed by atoms with Crippen LogP contribution in [0.1, 0.15) is 30.9 Å². The number of likely N-dealkylation sites (tertiary alicyclic amines) is 1. The largest absolute Gasteiger partial charge is 0.485 e. The van der Waals surface area contributed by atoms with E-state index in [2.05, 4.69) is 10.6 Å². The molecule has 3 aliphatic rings. The molecule has 7 heteroatoms. The summed E-state index contributed by atoms with van der Waals surface area (Å²) < 4.78 is 32.9. The van der Waals surface area contributed by atoms with Crippen molar-refractivity contribution in [2.24, 2.45) is 0 Å². The summed E-state index contributed by atoms with van der Waals surface area (Å²) in [5.41, 5.74) is 0.579. The topological polar surface area (TPSA) is 53.6 Å². The van der Waals surface area contributed by atoms with Crippen molar-refractivity contribution in [1.82, 2.24) is 15.5 Å². The number of ether oxygens (including phenoxy) is 1. The number of fused-ring (bicyclic) bond motifs is 1. The van der Waals surface area contributed by atoms with E-state index >= 15 is 0 Å². The molecular weight excluding hydrogens is 316 g/mol. The summed E-state index contributed by atoms with van der Waals surface area (Å²) in [5.74, 6) is -2.01. The van der Waals surface area contributed by atoms with Crippen molar-refractivity contribution in [2.45, 2.75) is 36.8 Å². The minimum Gasteiger partial charge on any atom is -0.485 e. The van der Waals surface area contributed by atoms with Gasteiger partial charge in [-0.15, -0.1) is 0 Å². The van der Waals surface area contributed by atoms with Gasteiger partial charge in [-0.1, -0.05) is 18.2 Å². The van der Waals surface area contributed by atoms with E-state index in [-0.39, 0.29) is 24.6 Å². The predicted molar refractivity (Wildman–Crippen MR) is 84.3 cm³/mol. The molecule has 2 N–H and O–H groups in total. The standard InChI is InChI=1S/C17H21F2N3O2/c18-17(19)6-8-22(11-17)15(23)21-13-9-16(5-7-20-10-16)24-14-4-2-1-3-12(13)14/h1-4,13,20H,5-11H2,(H,21,23). The van der Waals surface area contributed by atoms with E-state index in [4.69, 9.17) is 4.74 Å². The first-order chi connectivity index (χ1) is 11.5. The van der Waals surface area contributed by atoms with Gasteiger partial charge < -0.3 is 20.3 Å². The molecule has 4 rings (SSSR count). The van der Waals surface area contributed by atoms with Crippen molar-refractivity contribution in [2.75, 3.05) is 26.2 Å². The number of halogens is 2. The molecule has 2 fully saturated rings. The van der Waals surface area contributed by atoms with Gasteiger partial charge >= 0.3 is 6.03 Å². The van der Waals surface area contributed by atoms with Crippen molar-refractivity contribution >= 4 is 6.03 Å². The molecule has 1 spiro atoms. The number of amides is 2. The number of hydrogen-bond acceptors (Lipinski definition) is 3. The number of carbonyl (C=O) groups is 1. The minimum absolute atomic E-state index is 0.0936. The van der Waals surface area contributed by atoms with Crippen LogP contribution in [0.5, 0.6) is 5.75 Å². The van der Waals surface area contributed by atoms with Gasteiger partial charge in [-0.2, -0.15) is 0 Å². The summed E-state index contributed by atoms with van der Waals surface area (Å²) in [4.78, 5) is 13.6. The van der Waals surface area contributed by atoms with Gasteiger partial charge in [-0.05, 0) is 12.6 Å². The zero-order valence-corrected chi connectivity index (χ0v) is 13.4. The SMILES string of the molecule is O=C(NC1CC2(CCNC2)Oc2ccccc21)N1CCC(F)(F)C1. The van der Waals surface area contributed by atoms with Crippen molar-refractivity contribution in [3.63, 3.8) is 0 Å². The van der Waals surface area contributed by atoms with Crippen LogP contribution in [0.25, 0.3) is 0 Å². The third-order valence-electron chi connectivity index (χ3n) is 5.16. The van der Waals surface area contributed by atoms with Gasteiger partial charge in [0.25, 0.3) is 5.92 Å². The Morgan fingerprint density at radius 3 is 2.88 bits per heavy atom. The summed E-state index contributed by atoms with van der Waals surface area (Å²) in [5, 5.41) is 6.26. The van der Waals surface area contributed by atoms with Gasteiger partial charge in [0.2, 0.25) is 0 Å². The van der Waals surface area contributed by atoms with Gasteiger partial charge in [0.1, 0.15) is 11.4 Å². The van der Waals surface area contributed by atoms with Crippen LogP contribution in [-0.2, 0) is 0 Å². The quantitative estimate of drug-likeness (QED) is 0.827. The Bertz CT molecular complexity index is 646. The number of rotatable bonds is 1. The maximum atomic E-state index is 13.4. The highest BCUT2D eigenvalue weighted by atomic mass is 19.3. The van der Waals surface area contributed by atoms with Crippen molar-refractivity contribution in [3.8, 4) is 5.75 Å². The Morgan fingerprint density at radius 1 is 1.33 bits per heavy atom. The minimum atomic E-state index is -2.78. The van der Waals surface area contributed by atoms with Crippen LogP contribution in [0.2, 0.25) is 0 Å². The third kappa shape index (κ3) is 2.81. The number of nitrogens with one attached hydrogen (secondary N) is 2. The summed E-state index contributed by atoms with van der Waals surface area (Å²) in [6.45, 7) is 1.20. The van der Waals surface area contributed by atoms with Crippen LogP contribution in [0.15, 0.2) is 24.3 Å². The molecule has 3 aliphatic heterocycles. The van der Waals surface area contributed by atoms with E-state index in [0.717, 1.165) is 30.8 Å². The second kappa shape index (κ2) is 5.58. The molecule has 1 aromatic rings. The second-order valence-corrected chi connectivity index (χ2v) is 6.98. The second-order valence-electron chi connectivity index (χ2n) is 6.98. The molecule has 130 valence electrons. The lowest BCUT2D eigenvalue weighted by molar-refractivity contribution is 0.0146. The molecule has 0 bridgehead atoms. The van der Waals surface area contributed by atoms with E-state index in [1.54, 1.807) is 0 Å². The van der Waals surface area contributed by atoms with Crippen molar-refractivity contribution in [3.05, 3.63) is 29.8 Å². The zero-order chi connectivity index (χ0) is 16.8. The lowest BCUT2D eigenvalue weighted by Gasteiger charge is -2.40. The van der Waals surface area contributed by atoms with Crippen LogP contribution in [0.4, 0.5) is 13.6 Å². The third-order valence-corrected chi connectivity index (χ3v) is 5.16. The molecule has 0 radical (unpaired) electrons. The highest BCUT2D eigenvalue weighted by Gasteiger charge is 2.45. The first-order valence-corrected chi connectivity index (χ1v) is 8.38. The maximum absolute atomic E-state index is 13.4. The molecule has 5 nitrogen and oxygen atoms in total. The van der Waals surface area contributed by atoms with Gasteiger partial charge in [-0.3, -0.25) is 0 Å². The summed E-state index contributed by atoms with van der Waals surface area (Å²) >= 11 is 0. The van der Waals surface area contributed by atoms with E-state index in [1.807, 2.05) is 24.3 Å². The van der Waals surface area contributed by atoms with Crippen LogP contribution >= 0.6 is 0 Å². The Balaban J connectivity index is 1.54. The highest BCUT2D eigenvalue weighted by Crippen LogP contribution is 2.42. The Labute approximate surface area is 139 Å². The van der Waals surface area contributed by atoms with E-state index in [0.29, 0.717) is 6.42 Å². The number of hydrogen-bond donors (Lipinski definition) is 2. The molecular formula is C17H21F2N3O2.